The van der Waals surface area contributed by atoms with Crippen molar-refractivity contribution >= 4 is 5.69 Å². The highest BCUT2D eigenvalue weighted by Crippen LogP contribution is 2.24. The Hall–Kier alpha value is -1.09. The molecule has 0 aromatic carbocycles. The summed E-state index contributed by atoms with van der Waals surface area (Å²) in [6.45, 7) is 3.60. The van der Waals surface area contributed by atoms with Crippen molar-refractivity contribution < 1.29 is 0 Å². The van der Waals surface area contributed by atoms with E-state index in [1.807, 2.05) is 12.4 Å². The van der Waals surface area contributed by atoms with E-state index < -0.39 is 0 Å². The van der Waals surface area contributed by atoms with Crippen LogP contribution in [0, 0.1) is 5.92 Å². The van der Waals surface area contributed by atoms with Gasteiger partial charge in [0.1, 0.15) is 0 Å². The van der Waals surface area contributed by atoms with Crippen molar-refractivity contribution in [3.8, 4) is 0 Å². The number of nitrogens with zero attached hydrogens (tertiary/aromatic N) is 2. The van der Waals surface area contributed by atoms with Crippen LogP contribution in [0.5, 0.6) is 0 Å². The maximum Gasteiger partial charge on any atom is 0.0397 e. The van der Waals surface area contributed by atoms with Crippen molar-refractivity contribution in [1.29, 1.82) is 0 Å². The molecular formula is C16H25N3. The molecular weight excluding hydrogens is 234 g/mol. The van der Waals surface area contributed by atoms with Crippen molar-refractivity contribution in [2.75, 3.05) is 24.5 Å². The second-order valence-corrected chi connectivity index (χ2v) is 6.03. The predicted molar refractivity (Wildman–Crippen MR) is 79.4 cm³/mol. The molecule has 1 aliphatic carbocycles. The minimum atomic E-state index is 0.735. The molecule has 2 fully saturated rings. The summed E-state index contributed by atoms with van der Waals surface area (Å²) in [4.78, 5) is 6.57. The second-order valence-electron chi connectivity index (χ2n) is 6.03. The van der Waals surface area contributed by atoms with Crippen LogP contribution >= 0.6 is 0 Å². The second kappa shape index (κ2) is 6.38. The Morgan fingerprint density at radius 2 is 1.74 bits per heavy atom. The third kappa shape index (κ3) is 3.47. The largest absolute Gasteiger partial charge is 0.371 e. The van der Waals surface area contributed by atoms with Crippen LogP contribution in [0.2, 0.25) is 0 Å². The fourth-order valence-electron chi connectivity index (χ4n) is 3.44. The molecule has 1 aliphatic heterocycles. The van der Waals surface area contributed by atoms with E-state index in [2.05, 4.69) is 27.3 Å². The lowest BCUT2D eigenvalue weighted by Gasteiger charge is -2.34. The number of nitrogens with one attached hydrogen (secondary N) is 1. The Balaban J connectivity index is 1.42. The van der Waals surface area contributed by atoms with Gasteiger partial charge in [0.15, 0.2) is 0 Å². The van der Waals surface area contributed by atoms with E-state index in [1.54, 1.807) is 0 Å². The molecule has 3 rings (SSSR count). The van der Waals surface area contributed by atoms with Crippen LogP contribution in [0.25, 0.3) is 0 Å². The monoisotopic (exact) mass is 259 g/mol. The predicted octanol–water partition coefficient (Wildman–Crippen LogP) is 2.83. The van der Waals surface area contributed by atoms with Gasteiger partial charge in [0.2, 0.25) is 0 Å². The molecule has 0 spiro atoms. The van der Waals surface area contributed by atoms with Crippen LogP contribution < -0.4 is 10.2 Å². The SMILES string of the molecule is c1cc(N2CCC(NCC3CCCC3)CC2)ccn1. The zero-order chi connectivity index (χ0) is 12.9. The Labute approximate surface area is 116 Å². The molecule has 0 unspecified atom stereocenters. The van der Waals surface area contributed by atoms with E-state index in [4.69, 9.17) is 0 Å². The molecule has 1 saturated carbocycles. The topological polar surface area (TPSA) is 28.2 Å². The average Bonchev–Trinajstić information content (AvgIpc) is 3.00. The minimum absolute atomic E-state index is 0.735. The van der Waals surface area contributed by atoms with Crippen molar-refractivity contribution in [3.63, 3.8) is 0 Å². The number of hydrogen-bond donors (Lipinski definition) is 1. The highest BCUT2D eigenvalue weighted by atomic mass is 15.1. The van der Waals surface area contributed by atoms with Gasteiger partial charge in [-0.25, -0.2) is 0 Å². The summed E-state index contributed by atoms with van der Waals surface area (Å²) in [5, 5.41) is 3.80. The van der Waals surface area contributed by atoms with Crippen LogP contribution in [0.4, 0.5) is 5.69 Å². The number of piperidine rings is 1. The van der Waals surface area contributed by atoms with Gasteiger partial charge in [-0.1, -0.05) is 12.8 Å². The molecule has 0 bridgehead atoms. The molecule has 2 aliphatic rings. The van der Waals surface area contributed by atoms with E-state index in [0.29, 0.717) is 0 Å². The van der Waals surface area contributed by atoms with E-state index in [1.165, 1.54) is 63.8 Å². The molecule has 3 heteroatoms. The molecule has 3 nitrogen and oxygen atoms in total. The number of rotatable bonds is 4. The summed E-state index contributed by atoms with van der Waals surface area (Å²) in [5.74, 6) is 0.957. The van der Waals surface area contributed by atoms with Crippen LogP contribution in [0.3, 0.4) is 0 Å². The van der Waals surface area contributed by atoms with Crippen molar-refractivity contribution in [2.45, 2.75) is 44.6 Å². The Bertz CT molecular complexity index is 365. The average molecular weight is 259 g/mol. The van der Waals surface area contributed by atoms with Crippen LogP contribution in [-0.4, -0.2) is 30.7 Å². The zero-order valence-corrected chi connectivity index (χ0v) is 11.7. The highest BCUT2D eigenvalue weighted by molar-refractivity contribution is 5.44. The van der Waals surface area contributed by atoms with Crippen LogP contribution in [-0.2, 0) is 0 Å². The summed E-state index contributed by atoms with van der Waals surface area (Å²) >= 11 is 0. The number of aromatic nitrogens is 1. The van der Waals surface area contributed by atoms with Gasteiger partial charge in [0, 0.05) is 37.2 Å². The number of anilines is 1. The van der Waals surface area contributed by atoms with Gasteiger partial charge in [0.05, 0.1) is 0 Å². The first kappa shape index (κ1) is 12.9. The van der Waals surface area contributed by atoms with E-state index in [9.17, 15) is 0 Å². The molecule has 1 saturated heterocycles. The lowest BCUT2D eigenvalue weighted by molar-refractivity contribution is 0.377. The lowest BCUT2D eigenvalue weighted by Crippen LogP contribution is -2.43. The van der Waals surface area contributed by atoms with Gasteiger partial charge in [-0.15, -0.1) is 0 Å². The first-order valence-electron chi connectivity index (χ1n) is 7.80. The molecule has 19 heavy (non-hydrogen) atoms. The van der Waals surface area contributed by atoms with Crippen LogP contribution in [0.15, 0.2) is 24.5 Å². The van der Waals surface area contributed by atoms with Gasteiger partial charge in [-0.05, 0) is 50.3 Å². The van der Waals surface area contributed by atoms with Crippen molar-refractivity contribution in [3.05, 3.63) is 24.5 Å². The van der Waals surface area contributed by atoms with E-state index in [-0.39, 0.29) is 0 Å². The van der Waals surface area contributed by atoms with Crippen molar-refractivity contribution in [2.24, 2.45) is 5.92 Å². The van der Waals surface area contributed by atoms with Crippen LogP contribution in [0.1, 0.15) is 38.5 Å². The maximum atomic E-state index is 4.09. The first-order valence-corrected chi connectivity index (χ1v) is 7.80. The fraction of sp³-hybridized carbons (Fsp3) is 0.688. The van der Waals surface area contributed by atoms with Gasteiger partial charge < -0.3 is 10.2 Å². The zero-order valence-electron chi connectivity index (χ0n) is 11.7. The smallest absolute Gasteiger partial charge is 0.0397 e. The maximum absolute atomic E-state index is 4.09. The summed E-state index contributed by atoms with van der Waals surface area (Å²) in [7, 11) is 0. The molecule has 1 N–H and O–H groups in total. The van der Waals surface area contributed by atoms with Gasteiger partial charge >= 0.3 is 0 Å². The quantitative estimate of drug-likeness (QED) is 0.901. The first-order chi connectivity index (χ1) is 9.42. The Morgan fingerprint density at radius 3 is 2.42 bits per heavy atom. The van der Waals surface area contributed by atoms with E-state index in [0.717, 1.165) is 12.0 Å². The van der Waals surface area contributed by atoms with Gasteiger partial charge in [-0.3, -0.25) is 4.98 Å². The molecule has 104 valence electrons. The summed E-state index contributed by atoms with van der Waals surface area (Å²) in [5.41, 5.74) is 1.32. The summed E-state index contributed by atoms with van der Waals surface area (Å²) < 4.78 is 0. The van der Waals surface area contributed by atoms with Gasteiger partial charge in [-0.2, -0.15) is 0 Å². The Kier molecular flexibility index (Phi) is 4.34. The summed E-state index contributed by atoms with van der Waals surface area (Å²) in [6, 6.07) is 4.97. The molecule has 1 aromatic rings. The third-order valence-electron chi connectivity index (χ3n) is 4.69. The van der Waals surface area contributed by atoms with Crippen molar-refractivity contribution in [1.82, 2.24) is 10.3 Å². The van der Waals surface area contributed by atoms with E-state index >= 15 is 0 Å². The normalized spacial score (nSPS) is 22.0. The minimum Gasteiger partial charge on any atom is -0.371 e. The Morgan fingerprint density at radius 1 is 1.05 bits per heavy atom. The third-order valence-corrected chi connectivity index (χ3v) is 4.69. The highest BCUT2D eigenvalue weighted by Gasteiger charge is 2.21. The lowest BCUT2D eigenvalue weighted by atomic mass is 10.0. The molecule has 1 aromatic heterocycles. The summed E-state index contributed by atoms with van der Waals surface area (Å²) in [6.07, 6.45) is 12.1. The molecule has 2 heterocycles. The number of hydrogen-bond acceptors (Lipinski definition) is 3. The fourth-order valence-corrected chi connectivity index (χ4v) is 3.44. The molecule has 0 radical (unpaired) electrons. The van der Waals surface area contributed by atoms with Gasteiger partial charge in [0.25, 0.3) is 0 Å². The number of pyridine rings is 1. The molecule has 0 amide bonds. The standard InChI is InChI=1S/C16H25N3/c1-2-4-14(3-1)13-18-15-7-11-19(12-8-15)16-5-9-17-10-6-16/h5-6,9-10,14-15,18H,1-4,7-8,11-13H2. The molecule has 0 atom stereocenters.